The van der Waals surface area contributed by atoms with Crippen LogP contribution in [0.25, 0.3) is 0 Å². The van der Waals surface area contributed by atoms with Crippen molar-refractivity contribution in [3.8, 4) is 0 Å². The van der Waals surface area contributed by atoms with Crippen LogP contribution in [0.2, 0.25) is 0 Å². The third-order valence-electron chi connectivity index (χ3n) is 2.19. The lowest BCUT2D eigenvalue weighted by molar-refractivity contribution is 0.0657. The monoisotopic (exact) mass is 241 g/mol. The molecule has 0 saturated heterocycles. The second kappa shape index (κ2) is 6.42. The third-order valence-corrected chi connectivity index (χ3v) is 2.19. The van der Waals surface area contributed by atoms with Crippen molar-refractivity contribution in [1.82, 2.24) is 5.32 Å². The molecular formula is C12H19NO4. The van der Waals surface area contributed by atoms with Crippen LogP contribution in [0, 0.1) is 6.92 Å². The lowest BCUT2D eigenvalue weighted by Crippen LogP contribution is -2.20. The molecule has 5 nitrogen and oxygen atoms in total. The van der Waals surface area contributed by atoms with Crippen molar-refractivity contribution >= 4 is 5.97 Å². The van der Waals surface area contributed by atoms with E-state index in [-0.39, 0.29) is 11.9 Å². The van der Waals surface area contributed by atoms with Gasteiger partial charge in [0, 0.05) is 12.1 Å². The van der Waals surface area contributed by atoms with E-state index in [4.69, 9.17) is 14.3 Å². The minimum atomic E-state index is -1.03. The summed E-state index contributed by atoms with van der Waals surface area (Å²) >= 11 is 0. The van der Waals surface area contributed by atoms with E-state index in [1.165, 1.54) is 0 Å². The van der Waals surface area contributed by atoms with Gasteiger partial charge in [-0.2, -0.15) is 0 Å². The van der Waals surface area contributed by atoms with Crippen LogP contribution in [-0.2, 0) is 11.3 Å². The van der Waals surface area contributed by atoms with Crippen molar-refractivity contribution in [3.05, 3.63) is 23.2 Å². The quantitative estimate of drug-likeness (QED) is 0.712. The molecule has 1 aromatic heterocycles. The molecule has 0 aliphatic carbocycles. The van der Waals surface area contributed by atoms with Gasteiger partial charge < -0.3 is 19.6 Å². The molecule has 0 aliphatic rings. The summed E-state index contributed by atoms with van der Waals surface area (Å²) in [5.41, 5.74) is 0.646. The van der Waals surface area contributed by atoms with Crippen LogP contribution >= 0.6 is 0 Å². The van der Waals surface area contributed by atoms with Crippen LogP contribution in [0.1, 0.15) is 35.7 Å². The molecule has 1 aromatic rings. The van der Waals surface area contributed by atoms with Crippen LogP contribution in [-0.4, -0.2) is 30.3 Å². The van der Waals surface area contributed by atoms with Gasteiger partial charge in [-0.15, -0.1) is 0 Å². The van der Waals surface area contributed by atoms with E-state index in [0.29, 0.717) is 31.0 Å². The Hall–Kier alpha value is -1.33. The Kier molecular flexibility index (Phi) is 5.18. The van der Waals surface area contributed by atoms with E-state index in [1.54, 1.807) is 13.0 Å². The van der Waals surface area contributed by atoms with Gasteiger partial charge >= 0.3 is 5.97 Å². The first kappa shape index (κ1) is 13.7. The number of ether oxygens (including phenoxy) is 1. The maximum Gasteiger partial charge on any atom is 0.372 e. The Bertz CT molecular complexity index is 371. The van der Waals surface area contributed by atoms with Crippen LogP contribution in [0.15, 0.2) is 10.5 Å². The average molecular weight is 241 g/mol. The summed E-state index contributed by atoms with van der Waals surface area (Å²) < 4.78 is 10.6. The number of hydrogen-bond acceptors (Lipinski definition) is 4. The van der Waals surface area contributed by atoms with Gasteiger partial charge in [0.2, 0.25) is 5.76 Å². The summed E-state index contributed by atoms with van der Waals surface area (Å²) in [6, 6.07) is 1.74. The average Bonchev–Trinajstić information content (AvgIpc) is 2.59. The summed E-state index contributed by atoms with van der Waals surface area (Å²) in [6.45, 7) is 7.53. The van der Waals surface area contributed by atoms with E-state index in [2.05, 4.69) is 5.32 Å². The zero-order valence-corrected chi connectivity index (χ0v) is 10.4. The van der Waals surface area contributed by atoms with Gasteiger partial charge in [0.1, 0.15) is 5.76 Å². The largest absolute Gasteiger partial charge is 0.475 e. The molecule has 2 N–H and O–H groups in total. The maximum absolute atomic E-state index is 10.8. The van der Waals surface area contributed by atoms with Crippen molar-refractivity contribution in [3.63, 3.8) is 0 Å². The number of carbonyl (C=O) groups is 1. The minimum Gasteiger partial charge on any atom is -0.475 e. The fourth-order valence-corrected chi connectivity index (χ4v) is 1.43. The highest BCUT2D eigenvalue weighted by atomic mass is 16.5. The number of aromatic carboxylic acids is 1. The fourth-order valence-electron chi connectivity index (χ4n) is 1.43. The van der Waals surface area contributed by atoms with Crippen molar-refractivity contribution in [2.24, 2.45) is 0 Å². The molecule has 0 amide bonds. The van der Waals surface area contributed by atoms with E-state index in [0.717, 1.165) is 0 Å². The highest BCUT2D eigenvalue weighted by Crippen LogP contribution is 2.14. The normalized spacial score (nSPS) is 11.1. The summed E-state index contributed by atoms with van der Waals surface area (Å²) in [5.74, 6) is -0.387. The molecule has 1 rings (SSSR count). The molecule has 0 aliphatic heterocycles. The van der Waals surface area contributed by atoms with Crippen LogP contribution in [0.4, 0.5) is 0 Å². The standard InChI is InChI=1S/C12H19NO4/c1-8(2)16-5-4-13-7-10-6-9(3)11(17-10)12(14)15/h6,8,13H,4-5,7H2,1-3H3,(H,14,15). The lowest BCUT2D eigenvalue weighted by atomic mass is 10.2. The predicted molar refractivity (Wildman–Crippen MR) is 63.2 cm³/mol. The number of aryl methyl sites for hydroxylation is 1. The third kappa shape index (κ3) is 4.58. The van der Waals surface area contributed by atoms with Gasteiger partial charge in [0.15, 0.2) is 0 Å². The smallest absolute Gasteiger partial charge is 0.372 e. The van der Waals surface area contributed by atoms with Crippen molar-refractivity contribution in [2.75, 3.05) is 13.2 Å². The first-order valence-corrected chi connectivity index (χ1v) is 5.65. The molecule has 0 radical (unpaired) electrons. The predicted octanol–water partition coefficient (Wildman–Crippen LogP) is 1.80. The molecule has 17 heavy (non-hydrogen) atoms. The number of rotatable bonds is 7. The Labute approximate surface area is 101 Å². The van der Waals surface area contributed by atoms with Crippen molar-refractivity contribution in [2.45, 2.75) is 33.4 Å². The minimum absolute atomic E-state index is 0.0141. The molecule has 0 spiro atoms. The SMILES string of the molecule is Cc1cc(CNCCOC(C)C)oc1C(=O)O. The summed E-state index contributed by atoms with van der Waals surface area (Å²) in [5, 5.41) is 11.9. The lowest BCUT2D eigenvalue weighted by Gasteiger charge is -2.07. The van der Waals surface area contributed by atoms with Crippen LogP contribution < -0.4 is 5.32 Å². The van der Waals surface area contributed by atoms with Crippen molar-refractivity contribution in [1.29, 1.82) is 0 Å². The zero-order chi connectivity index (χ0) is 12.8. The Morgan fingerprint density at radius 3 is 2.82 bits per heavy atom. The molecule has 96 valence electrons. The topological polar surface area (TPSA) is 71.7 Å². The summed E-state index contributed by atoms with van der Waals surface area (Å²) in [4.78, 5) is 10.8. The van der Waals surface area contributed by atoms with E-state index in [1.807, 2.05) is 13.8 Å². The molecule has 0 unspecified atom stereocenters. The van der Waals surface area contributed by atoms with Gasteiger partial charge in [-0.05, 0) is 26.8 Å². The van der Waals surface area contributed by atoms with Crippen LogP contribution in [0.5, 0.6) is 0 Å². The molecule has 5 heteroatoms. The molecule has 0 aromatic carbocycles. The second-order valence-corrected chi connectivity index (χ2v) is 4.13. The number of hydrogen-bond donors (Lipinski definition) is 2. The van der Waals surface area contributed by atoms with Gasteiger partial charge in [-0.1, -0.05) is 0 Å². The number of carboxylic acid groups (broad SMARTS) is 1. The molecule has 0 saturated carbocycles. The van der Waals surface area contributed by atoms with Gasteiger partial charge in [-0.25, -0.2) is 4.79 Å². The molecular weight excluding hydrogens is 222 g/mol. The molecule has 0 atom stereocenters. The highest BCUT2D eigenvalue weighted by Gasteiger charge is 2.13. The highest BCUT2D eigenvalue weighted by molar-refractivity contribution is 5.86. The zero-order valence-electron chi connectivity index (χ0n) is 10.4. The van der Waals surface area contributed by atoms with E-state index in [9.17, 15) is 4.79 Å². The first-order chi connectivity index (χ1) is 8.00. The summed E-state index contributed by atoms with van der Waals surface area (Å²) in [6.07, 6.45) is 0.223. The molecule has 0 fully saturated rings. The Balaban J connectivity index is 2.32. The second-order valence-electron chi connectivity index (χ2n) is 4.13. The Morgan fingerprint density at radius 2 is 2.29 bits per heavy atom. The fraction of sp³-hybridized carbons (Fsp3) is 0.583. The van der Waals surface area contributed by atoms with Gasteiger partial charge in [-0.3, -0.25) is 0 Å². The van der Waals surface area contributed by atoms with E-state index < -0.39 is 5.97 Å². The number of furan rings is 1. The first-order valence-electron chi connectivity index (χ1n) is 5.65. The summed E-state index contributed by atoms with van der Waals surface area (Å²) in [7, 11) is 0. The maximum atomic E-state index is 10.8. The van der Waals surface area contributed by atoms with Crippen LogP contribution in [0.3, 0.4) is 0 Å². The molecule has 0 bridgehead atoms. The van der Waals surface area contributed by atoms with Crippen molar-refractivity contribution < 1.29 is 19.1 Å². The van der Waals surface area contributed by atoms with Gasteiger partial charge in [0.25, 0.3) is 0 Å². The molecule has 1 heterocycles. The number of carboxylic acids is 1. The number of nitrogens with one attached hydrogen (secondary N) is 1. The van der Waals surface area contributed by atoms with E-state index >= 15 is 0 Å². The van der Waals surface area contributed by atoms with Gasteiger partial charge in [0.05, 0.1) is 19.3 Å². The Morgan fingerprint density at radius 1 is 1.59 bits per heavy atom.